The van der Waals surface area contributed by atoms with E-state index in [4.69, 9.17) is 4.74 Å². The monoisotopic (exact) mass is 247 g/mol. The maximum atomic E-state index is 5.23. The quantitative estimate of drug-likeness (QED) is 0.832. The number of benzene rings is 1. The molecule has 0 heterocycles. The second kappa shape index (κ2) is 5.75. The van der Waals surface area contributed by atoms with Gasteiger partial charge in [-0.1, -0.05) is 32.4 Å². The van der Waals surface area contributed by atoms with Crippen molar-refractivity contribution in [1.29, 1.82) is 0 Å². The molecule has 1 aliphatic carbocycles. The van der Waals surface area contributed by atoms with Gasteiger partial charge in [-0.15, -0.1) is 0 Å². The molecule has 0 atom stereocenters. The van der Waals surface area contributed by atoms with Gasteiger partial charge in [0.25, 0.3) is 0 Å². The zero-order chi connectivity index (χ0) is 13.0. The maximum absolute atomic E-state index is 5.23. The Morgan fingerprint density at radius 3 is 2.33 bits per heavy atom. The van der Waals surface area contributed by atoms with Crippen molar-refractivity contribution >= 4 is 0 Å². The maximum Gasteiger partial charge on any atom is 0.118 e. The fourth-order valence-corrected chi connectivity index (χ4v) is 2.72. The van der Waals surface area contributed by atoms with Gasteiger partial charge >= 0.3 is 0 Å². The van der Waals surface area contributed by atoms with E-state index in [0.29, 0.717) is 5.41 Å². The van der Waals surface area contributed by atoms with E-state index < -0.39 is 0 Å². The van der Waals surface area contributed by atoms with Crippen LogP contribution >= 0.6 is 0 Å². The van der Waals surface area contributed by atoms with E-state index in [9.17, 15) is 0 Å². The van der Waals surface area contributed by atoms with Crippen molar-refractivity contribution in [2.45, 2.75) is 38.5 Å². The zero-order valence-electron chi connectivity index (χ0n) is 11.8. The molecular formula is C16H25NO. The third kappa shape index (κ3) is 2.86. The van der Waals surface area contributed by atoms with Crippen molar-refractivity contribution in [3.8, 4) is 5.75 Å². The number of nitrogens with one attached hydrogen (secondary N) is 1. The summed E-state index contributed by atoms with van der Waals surface area (Å²) in [5.74, 6) is 1.67. The summed E-state index contributed by atoms with van der Waals surface area (Å²) in [5, 5.41) is 3.62. The van der Waals surface area contributed by atoms with Crippen LogP contribution in [0.2, 0.25) is 0 Å². The molecule has 0 aliphatic heterocycles. The second-order valence-corrected chi connectivity index (χ2v) is 5.89. The van der Waals surface area contributed by atoms with E-state index in [0.717, 1.165) is 24.8 Å². The van der Waals surface area contributed by atoms with E-state index in [1.54, 1.807) is 7.11 Å². The van der Waals surface area contributed by atoms with Gasteiger partial charge in [0.2, 0.25) is 0 Å². The van der Waals surface area contributed by atoms with Crippen LogP contribution in [0.5, 0.6) is 5.75 Å². The summed E-state index contributed by atoms with van der Waals surface area (Å²) >= 11 is 0. The molecule has 2 nitrogen and oxygen atoms in total. The number of rotatable bonds is 6. The van der Waals surface area contributed by atoms with Crippen molar-refractivity contribution in [2.75, 3.05) is 20.2 Å². The van der Waals surface area contributed by atoms with Gasteiger partial charge in [-0.25, -0.2) is 0 Å². The minimum absolute atomic E-state index is 0.376. The van der Waals surface area contributed by atoms with Gasteiger partial charge in [0.15, 0.2) is 0 Å². The van der Waals surface area contributed by atoms with Crippen LogP contribution in [0.1, 0.15) is 38.7 Å². The summed E-state index contributed by atoms with van der Waals surface area (Å²) in [7, 11) is 1.72. The number of hydrogen-bond acceptors (Lipinski definition) is 2. The molecule has 18 heavy (non-hydrogen) atoms. The Bertz CT molecular complexity index is 365. The van der Waals surface area contributed by atoms with Crippen LogP contribution in [0.25, 0.3) is 0 Å². The molecule has 1 aromatic carbocycles. The molecule has 0 amide bonds. The van der Waals surface area contributed by atoms with Gasteiger partial charge in [0.05, 0.1) is 7.11 Å². The lowest BCUT2D eigenvalue weighted by molar-refractivity contribution is 0.231. The number of ether oxygens (including phenoxy) is 1. The first-order chi connectivity index (χ1) is 8.66. The molecule has 0 radical (unpaired) electrons. The second-order valence-electron chi connectivity index (χ2n) is 5.89. The molecule has 1 N–H and O–H groups in total. The summed E-state index contributed by atoms with van der Waals surface area (Å²) < 4.78 is 5.23. The molecule has 1 saturated carbocycles. The van der Waals surface area contributed by atoms with Crippen LogP contribution < -0.4 is 10.1 Å². The molecule has 0 unspecified atom stereocenters. The van der Waals surface area contributed by atoms with Crippen molar-refractivity contribution in [1.82, 2.24) is 5.32 Å². The molecule has 100 valence electrons. The lowest BCUT2D eigenvalue weighted by Gasteiger charge is -2.43. The molecular weight excluding hydrogens is 222 g/mol. The van der Waals surface area contributed by atoms with Gasteiger partial charge in [-0.2, -0.15) is 0 Å². The zero-order valence-corrected chi connectivity index (χ0v) is 11.8. The summed E-state index contributed by atoms with van der Waals surface area (Å²) in [6, 6.07) is 8.62. The highest BCUT2D eigenvalue weighted by Gasteiger charge is 2.38. The Hall–Kier alpha value is -1.02. The van der Waals surface area contributed by atoms with E-state index in [1.807, 2.05) is 0 Å². The topological polar surface area (TPSA) is 21.3 Å². The van der Waals surface area contributed by atoms with Crippen molar-refractivity contribution in [3.63, 3.8) is 0 Å². The Labute approximate surface area is 111 Å². The van der Waals surface area contributed by atoms with Crippen molar-refractivity contribution in [2.24, 2.45) is 5.92 Å². The fourth-order valence-electron chi connectivity index (χ4n) is 2.72. The Morgan fingerprint density at radius 2 is 1.89 bits per heavy atom. The summed E-state index contributed by atoms with van der Waals surface area (Å²) in [4.78, 5) is 0. The Kier molecular flexibility index (Phi) is 4.28. The minimum atomic E-state index is 0.376. The molecule has 2 rings (SSSR count). The predicted octanol–water partition coefficient (Wildman–Crippen LogP) is 3.36. The molecule has 1 fully saturated rings. The summed E-state index contributed by atoms with van der Waals surface area (Å²) in [5.41, 5.74) is 1.84. The highest BCUT2D eigenvalue weighted by molar-refractivity contribution is 5.34. The van der Waals surface area contributed by atoms with Crippen LogP contribution in [-0.2, 0) is 5.41 Å². The Morgan fingerprint density at radius 1 is 1.22 bits per heavy atom. The first kappa shape index (κ1) is 13.4. The Balaban J connectivity index is 2.01. The van der Waals surface area contributed by atoms with Gasteiger partial charge in [-0.05, 0) is 43.0 Å². The van der Waals surface area contributed by atoms with Gasteiger partial charge in [-0.3, -0.25) is 0 Å². The number of methoxy groups -OCH3 is 1. The minimum Gasteiger partial charge on any atom is -0.497 e. The average molecular weight is 247 g/mol. The molecule has 2 heteroatoms. The van der Waals surface area contributed by atoms with E-state index in [1.165, 1.54) is 24.8 Å². The highest BCUT2D eigenvalue weighted by Crippen LogP contribution is 2.43. The molecule has 1 aromatic rings. The van der Waals surface area contributed by atoms with Crippen LogP contribution in [0, 0.1) is 5.92 Å². The average Bonchev–Trinajstić information content (AvgIpc) is 2.32. The summed E-state index contributed by atoms with van der Waals surface area (Å²) in [6.07, 6.45) is 3.98. The lowest BCUT2D eigenvalue weighted by Crippen LogP contribution is -2.44. The van der Waals surface area contributed by atoms with Crippen molar-refractivity contribution in [3.05, 3.63) is 29.8 Å². The van der Waals surface area contributed by atoms with Crippen molar-refractivity contribution < 1.29 is 4.74 Å². The van der Waals surface area contributed by atoms with Gasteiger partial charge < -0.3 is 10.1 Å². The van der Waals surface area contributed by atoms with Crippen LogP contribution in [0.4, 0.5) is 0 Å². The first-order valence-electron chi connectivity index (χ1n) is 7.01. The fraction of sp³-hybridized carbons (Fsp3) is 0.625. The largest absolute Gasteiger partial charge is 0.497 e. The normalized spacial score (nSPS) is 17.6. The predicted molar refractivity (Wildman–Crippen MR) is 76.2 cm³/mol. The molecule has 1 aliphatic rings. The van der Waals surface area contributed by atoms with Gasteiger partial charge in [0.1, 0.15) is 5.75 Å². The van der Waals surface area contributed by atoms with Crippen LogP contribution in [0.15, 0.2) is 24.3 Å². The van der Waals surface area contributed by atoms with E-state index >= 15 is 0 Å². The molecule has 0 saturated heterocycles. The lowest BCUT2D eigenvalue weighted by atomic mass is 9.64. The SMILES string of the molecule is COc1ccc(C2(CNCC(C)C)CCC2)cc1. The van der Waals surface area contributed by atoms with E-state index in [-0.39, 0.29) is 0 Å². The standard InChI is InChI=1S/C16H25NO/c1-13(2)11-17-12-16(9-4-10-16)14-5-7-15(18-3)8-6-14/h5-8,13,17H,4,9-12H2,1-3H3. The van der Waals surface area contributed by atoms with Crippen LogP contribution in [0.3, 0.4) is 0 Å². The smallest absolute Gasteiger partial charge is 0.118 e. The van der Waals surface area contributed by atoms with Gasteiger partial charge in [0, 0.05) is 12.0 Å². The van der Waals surface area contributed by atoms with Crippen LogP contribution in [-0.4, -0.2) is 20.2 Å². The summed E-state index contributed by atoms with van der Waals surface area (Å²) in [6.45, 7) is 6.73. The third-order valence-electron chi connectivity index (χ3n) is 4.03. The molecule has 0 bridgehead atoms. The third-order valence-corrected chi connectivity index (χ3v) is 4.03. The first-order valence-corrected chi connectivity index (χ1v) is 7.01. The van der Waals surface area contributed by atoms with E-state index in [2.05, 4.69) is 43.4 Å². The number of hydrogen-bond donors (Lipinski definition) is 1. The highest BCUT2D eigenvalue weighted by atomic mass is 16.5. The molecule has 0 aromatic heterocycles. The molecule has 0 spiro atoms.